The fourth-order valence-electron chi connectivity index (χ4n) is 0.444. The maximum absolute atomic E-state index is 10.6. The lowest BCUT2D eigenvalue weighted by atomic mass is 10.4. The first kappa shape index (κ1) is 5.91. The first-order chi connectivity index (χ1) is 3.84. The van der Waals surface area contributed by atoms with Crippen molar-refractivity contribution in [3.05, 3.63) is 0 Å². The van der Waals surface area contributed by atoms with Crippen molar-refractivity contribution in [3.63, 3.8) is 0 Å². The van der Waals surface area contributed by atoms with E-state index >= 15 is 0 Å². The molecule has 1 aliphatic heterocycles. The van der Waals surface area contributed by atoms with Crippen molar-refractivity contribution in [2.24, 2.45) is 0 Å². The van der Waals surface area contributed by atoms with Crippen molar-refractivity contribution >= 4 is 16.3 Å². The van der Waals surface area contributed by atoms with Crippen LogP contribution in [-0.4, -0.2) is 28.2 Å². The Kier molecular flexibility index (Phi) is 1.75. The Morgan fingerprint density at radius 1 is 1.75 bits per heavy atom. The van der Waals surface area contributed by atoms with Gasteiger partial charge in [0.25, 0.3) is 0 Å². The van der Waals surface area contributed by atoms with Gasteiger partial charge in [0.1, 0.15) is 0 Å². The maximum Gasteiger partial charge on any atom is 0.0870 e. The Labute approximate surface area is 50.0 Å². The predicted octanol–water partition coefficient (Wildman–Crippen LogP) is -0.259. The molecule has 0 aliphatic carbocycles. The first-order valence-electron chi connectivity index (χ1n) is 2.32. The molecule has 3 nitrogen and oxygen atoms in total. The molecular weight excluding hydrogens is 126 g/mol. The molecule has 1 atom stereocenters. The highest BCUT2D eigenvalue weighted by Gasteiger charge is 2.23. The molecule has 1 rings (SSSR count). The van der Waals surface area contributed by atoms with Crippen molar-refractivity contribution in [1.29, 1.82) is 5.41 Å². The average Bonchev–Trinajstić information content (AvgIpc) is 1.62. The molecule has 0 spiro atoms. The number of rotatable bonds is 2. The van der Waals surface area contributed by atoms with Gasteiger partial charge < -0.3 is 4.74 Å². The summed E-state index contributed by atoms with van der Waals surface area (Å²) in [7, 11) is -1.07. The highest BCUT2D eigenvalue weighted by molar-refractivity contribution is 7.99. The minimum Gasteiger partial charge on any atom is -0.379 e. The molecule has 0 bridgehead atoms. The van der Waals surface area contributed by atoms with Gasteiger partial charge in [-0.25, -0.2) is 0 Å². The SMILES string of the molecule is N=CS(=O)C1COC1. The molecule has 1 heterocycles. The Balaban J connectivity index is 2.34. The topological polar surface area (TPSA) is 50.2 Å². The van der Waals surface area contributed by atoms with E-state index in [2.05, 4.69) is 0 Å². The van der Waals surface area contributed by atoms with Crippen molar-refractivity contribution in [1.82, 2.24) is 0 Å². The van der Waals surface area contributed by atoms with E-state index in [-0.39, 0.29) is 5.25 Å². The Morgan fingerprint density at radius 3 is 2.50 bits per heavy atom. The molecule has 1 N–H and O–H groups in total. The largest absolute Gasteiger partial charge is 0.379 e. The van der Waals surface area contributed by atoms with E-state index in [1.54, 1.807) is 0 Å². The summed E-state index contributed by atoms with van der Waals surface area (Å²) in [4.78, 5) is 0. The number of hydrogen-bond donors (Lipinski definition) is 1. The summed E-state index contributed by atoms with van der Waals surface area (Å²) in [6, 6.07) is 0. The highest BCUT2D eigenvalue weighted by Crippen LogP contribution is 2.06. The molecule has 1 fully saturated rings. The summed E-state index contributed by atoms with van der Waals surface area (Å²) in [5.74, 6) is 0. The van der Waals surface area contributed by atoms with E-state index in [9.17, 15) is 4.21 Å². The van der Waals surface area contributed by atoms with E-state index in [1.807, 2.05) is 0 Å². The number of nitrogens with one attached hydrogen (secondary N) is 1. The van der Waals surface area contributed by atoms with Gasteiger partial charge in [-0.2, -0.15) is 0 Å². The van der Waals surface area contributed by atoms with E-state index < -0.39 is 10.8 Å². The van der Waals surface area contributed by atoms with Gasteiger partial charge in [-0.3, -0.25) is 9.62 Å². The first-order valence-corrected chi connectivity index (χ1v) is 3.60. The van der Waals surface area contributed by atoms with Crippen LogP contribution >= 0.6 is 0 Å². The second kappa shape index (κ2) is 2.37. The third-order valence-corrected chi connectivity index (χ3v) is 2.21. The molecule has 0 aromatic carbocycles. The second-order valence-corrected chi connectivity index (χ2v) is 3.17. The van der Waals surface area contributed by atoms with Crippen LogP contribution in [0.4, 0.5) is 0 Å². The van der Waals surface area contributed by atoms with E-state index in [4.69, 9.17) is 10.1 Å². The average molecular weight is 133 g/mol. The van der Waals surface area contributed by atoms with Crippen molar-refractivity contribution < 1.29 is 8.95 Å². The Hall–Kier alpha value is -0.220. The molecule has 0 amide bonds. The molecular formula is C4H7NO2S. The van der Waals surface area contributed by atoms with Crippen LogP contribution in [0.1, 0.15) is 0 Å². The molecule has 46 valence electrons. The molecule has 0 aromatic rings. The zero-order chi connectivity index (χ0) is 5.98. The summed E-state index contributed by atoms with van der Waals surface area (Å²) >= 11 is 0. The summed E-state index contributed by atoms with van der Waals surface area (Å²) in [6.07, 6.45) is 0. The standard InChI is InChI=1S/C4H7NO2S/c5-3-8(6)4-1-7-2-4/h3-5H,1-2H2. The second-order valence-electron chi connectivity index (χ2n) is 1.61. The molecule has 8 heavy (non-hydrogen) atoms. The van der Waals surface area contributed by atoms with Crippen molar-refractivity contribution in [2.75, 3.05) is 13.2 Å². The smallest absolute Gasteiger partial charge is 0.0870 e. The van der Waals surface area contributed by atoms with Gasteiger partial charge >= 0.3 is 0 Å². The summed E-state index contributed by atoms with van der Waals surface area (Å²) in [5.41, 5.74) is 0.965. The highest BCUT2D eigenvalue weighted by atomic mass is 32.2. The summed E-state index contributed by atoms with van der Waals surface area (Å²) in [5, 5.41) is 6.70. The Morgan fingerprint density at radius 2 is 2.38 bits per heavy atom. The van der Waals surface area contributed by atoms with Gasteiger partial charge in [-0.15, -0.1) is 0 Å². The van der Waals surface area contributed by atoms with Crippen LogP contribution in [0.2, 0.25) is 0 Å². The van der Waals surface area contributed by atoms with Gasteiger partial charge in [0.15, 0.2) is 0 Å². The number of ether oxygens (including phenoxy) is 1. The maximum atomic E-state index is 10.6. The van der Waals surface area contributed by atoms with Crippen molar-refractivity contribution in [3.8, 4) is 0 Å². The molecule has 0 radical (unpaired) electrons. The van der Waals surface area contributed by atoms with Gasteiger partial charge in [-0.05, 0) is 0 Å². The lowest BCUT2D eigenvalue weighted by Crippen LogP contribution is -2.37. The van der Waals surface area contributed by atoms with Gasteiger partial charge in [0, 0.05) is 0 Å². The zero-order valence-electron chi connectivity index (χ0n) is 4.29. The summed E-state index contributed by atoms with van der Waals surface area (Å²) < 4.78 is 15.3. The van der Waals surface area contributed by atoms with Crippen LogP contribution in [0.3, 0.4) is 0 Å². The monoisotopic (exact) mass is 133 g/mol. The quantitative estimate of drug-likeness (QED) is 0.417. The minimum absolute atomic E-state index is 0.104. The van der Waals surface area contributed by atoms with E-state index in [0.717, 1.165) is 5.55 Å². The van der Waals surface area contributed by atoms with Gasteiger partial charge in [0.2, 0.25) is 0 Å². The molecule has 0 aromatic heterocycles. The molecule has 1 saturated heterocycles. The van der Waals surface area contributed by atoms with Crippen molar-refractivity contribution in [2.45, 2.75) is 5.25 Å². The number of hydrogen-bond acceptors (Lipinski definition) is 3. The predicted molar refractivity (Wildman–Crippen MR) is 31.5 cm³/mol. The third kappa shape index (κ3) is 0.952. The fraction of sp³-hybridized carbons (Fsp3) is 0.750. The molecule has 1 aliphatic rings. The summed E-state index contributed by atoms with van der Waals surface area (Å²) in [6.45, 7) is 1.12. The zero-order valence-corrected chi connectivity index (χ0v) is 5.11. The molecule has 0 saturated carbocycles. The molecule has 4 heteroatoms. The van der Waals surface area contributed by atoms with Crippen LogP contribution in [0, 0.1) is 5.41 Å². The van der Waals surface area contributed by atoms with Crippen LogP contribution in [0.15, 0.2) is 0 Å². The molecule has 1 unspecified atom stereocenters. The fourth-order valence-corrected chi connectivity index (χ4v) is 1.10. The van der Waals surface area contributed by atoms with Crippen LogP contribution in [-0.2, 0) is 15.5 Å². The van der Waals surface area contributed by atoms with Crippen LogP contribution in [0.5, 0.6) is 0 Å². The Bertz CT molecular complexity index is 121. The lowest BCUT2D eigenvalue weighted by Gasteiger charge is -2.22. The van der Waals surface area contributed by atoms with Gasteiger partial charge in [-0.1, -0.05) is 0 Å². The van der Waals surface area contributed by atoms with E-state index in [1.165, 1.54) is 0 Å². The third-order valence-electron chi connectivity index (χ3n) is 1.05. The van der Waals surface area contributed by atoms with Crippen LogP contribution < -0.4 is 0 Å². The normalized spacial score (nSPS) is 24.0. The lowest BCUT2D eigenvalue weighted by molar-refractivity contribution is 0.0441. The van der Waals surface area contributed by atoms with Gasteiger partial charge in [0.05, 0.1) is 34.8 Å². The van der Waals surface area contributed by atoms with E-state index in [0.29, 0.717) is 13.2 Å². The minimum atomic E-state index is -1.07. The van der Waals surface area contributed by atoms with Crippen LogP contribution in [0.25, 0.3) is 0 Å².